The second-order valence-electron chi connectivity index (χ2n) is 3.92. The molecule has 0 aliphatic heterocycles. The number of benzene rings is 2. The molecule has 2 aromatic carbocycles. The summed E-state index contributed by atoms with van der Waals surface area (Å²) in [5.41, 5.74) is 6.54. The number of carbonyl (C=O) groups is 1. The van der Waals surface area contributed by atoms with Gasteiger partial charge in [0.2, 0.25) is 0 Å². The molecular weight excluding hydrogens is 247 g/mol. The van der Waals surface area contributed by atoms with Crippen LogP contribution >= 0.6 is 0 Å². The minimum Gasteiger partial charge on any atom is -0.444 e. The van der Waals surface area contributed by atoms with Crippen molar-refractivity contribution in [3.8, 4) is 0 Å². The van der Waals surface area contributed by atoms with E-state index in [1.165, 1.54) is 12.1 Å². The van der Waals surface area contributed by atoms with Gasteiger partial charge in [-0.2, -0.15) is 0 Å². The summed E-state index contributed by atoms with van der Waals surface area (Å²) >= 11 is 0. The number of hydrogen-bond donors (Lipinski definition) is 2. The van der Waals surface area contributed by atoms with Crippen molar-refractivity contribution in [1.82, 2.24) is 0 Å². The van der Waals surface area contributed by atoms with Gasteiger partial charge < -0.3 is 10.5 Å². The first-order valence-corrected chi connectivity index (χ1v) is 5.68. The molecule has 3 N–H and O–H groups in total. The van der Waals surface area contributed by atoms with Gasteiger partial charge in [0.05, 0.1) is 5.69 Å². The summed E-state index contributed by atoms with van der Waals surface area (Å²) in [6, 6.07) is 13.3. The largest absolute Gasteiger partial charge is 0.444 e. The van der Waals surface area contributed by atoms with Crippen molar-refractivity contribution < 1.29 is 13.9 Å². The number of amides is 1. The van der Waals surface area contributed by atoms with E-state index in [0.29, 0.717) is 5.69 Å². The van der Waals surface area contributed by atoms with Gasteiger partial charge in [-0.25, -0.2) is 9.18 Å². The molecule has 0 fully saturated rings. The molecule has 0 aliphatic carbocycles. The molecule has 0 aliphatic rings. The van der Waals surface area contributed by atoms with E-state index in [-0.39, 0.29) is 12.3 Å². The topological polar surface area (TPSA) is 64.3 Å². The van der Waals surface area contributed by atoms with Crippen molar-refractivity contribution in [3.05, 3.63) is 59.9 Å². The Morgan fingerprint density at radius 2 is 1.95 bits per heavy atom. The van der Waals surface area contributed by atoms with Crippen molar-refractivity contribution in [2.45, 2.75) is 6.61 Å². The number of carbonyl (C=O) groups excluding carboxylic acids is 1. The van der Waals surface area contributed by atoms with E-state index in [1.54, 1.807) is 0 Å². The first-order chi connectivity index (χ1) is 9.15. The van der Waals surface area contributed by atoms with Crippen LogP contribution in [0.5, 0.6) is 0 Å². The molecule has 0 spiro atoms. The number of halogens is 1. The number of nitrogens with one attached hydrogen (secondary N) is 1. The maximum Gasteiger partial charge on any atom is 0.411 e. The van der Waals surface area contributed by atoms with Crippen molar-refractivity contribution in [2.24, 2.45) is 0 Å². The summed E-state index contributed by atoms with van der Waals surface area (Å²) < 4.78 is 18.2. The molecule has 1 amide bonds. The Kier molecular flexibility index (Phi) is 3.97. The second kappa shape index (κ2) is 5.86. The highest BCUT2D eigenvalue weighted by atomic mass is 19.1. The molecule has 0 unspecified atom stereocenters. The van der Waals surface area contributed by atoms with Gasteiger partial charge >= 0.3 is 6.09 Å². The van der Waals surface area contributed by atoms with E-state index >= 15 is 0 Å². The number of nitrogens with two attached hydrogens (primary N) is 1. The van der Waals surface area contributed by atoms with Gasteiger partial charge in [0.1, 0.15) is 12.4 Å². The Bertz CT molecular complexity index is 573. The SMILES string of the molecule is Nc1ccc(NC(=O)OCc2ccccc2)cc1F. The fraction of sp³-hybridized carbons (Fsp3) is 0.0714. The number of anilines is 2. The Hall–Kier alpha value is -2.56. The predicted octanol–water partition coefficient (Wildman–Crippen LogP) is 3.16. The van der Waals surface area contributed by atoms with Crippen LogP contribution < -0.4 is 11.1 Å². The average Bonchev–Trinajstić information content (AvgIpc) is 2.42. The molecular formula is C14H13FN2O2. The van der Waals surface area contributed by atoms with E-state index in [1.807, 2.05) is 30.3 Å². The molecule has 0 saturated carbocycles. The third kappa shape index (κ3) is 3.70. The zero-order chi connectivity index (χ0) is 13.7. The molecule has 0 saturated heterocycles. The first-order valence-electron chi connectivity index (χ1n) is 5.68. The zero-order valence-electron chi connectivity index (χ0n) is 10.1. The molecule has 0 bridgehead atoms. The van der Waals surface area contributed by atoms with Crippen LogP contribution in [0.15, 0.2) is 48.5 Å². The lowest BCUT2D eigenvalue weighted by Crippen LogP contribution is -2.13. The Balaban J connectivity index is 1.89. The monoisotopic (exact) mass is 260 g/mol. The summed E-state index contributed by atoms with van der Waals surface area (Å²) in [5.74, 6) is -0.583. The average molecular weight is 260 g/mol. The van der Waals surface area contributed by atoms with Gasteiger partial charge in [-0.3, -0.25) is 5.32 Å². The molecule has 0 atom stereocenters. The molecule has 2 aromatic rings. The van der Waals surface area contributed by atoms with Crippen molar-refractivity contribution in [2.75, 3.05) is 11.1 Å². The zero-order valence-corrected chi connectivity index (χ0v) is 10.1. The third-order valence-electron chi connectivity index (χ3n) is 2.46. The normalized spacial score (nSPS) is 9.95. The first kappa shape index (κ1) is 12.9. The van der Waals surface area contributed by atoms with E-state index in [9.17, 15) is 9.18 Å². The van der Waals surface area contributed by atoms with Crippen LogP contribution in [0.25, 0.3) is 0 Å². The molecule has 98 valence electrons. The quantitative estimate of drug-likeness (QED) is 0.833. The van der Waals surface area contributed by atoms with Crippen LogP contribution in [-0.4, -0.2) is 6.09 Å². The maximum absolute atomic E-state index is 13.2. The molecule has 4 nitrogen and oxygen atoms in total. The van der Waals surface area contributed by atoms with Crippen LogP contribution in [0.4, 0.5) is 20.6 Å². The summed E-state index contributed by atoms with van der Waals surface area (Å²) in [7, 11) is 0. The lowest BCUT2D eigenvalue weighted by molar-refractivity contribution is 0.155. The Morgan fingerprint density at radius 1 is 1.21 bits per heavy atom. The summed E-state index contributed by atoms with van der Waals surface area (Å²) in [4.78, 5) is 11.5. The minimum atomic E-state index is -0.645. The molecule has 19 heavy (non-hydrogen) atoms. The predicted molar refractivity (Wildman–Crippen MR) is 71.1 cm³/mol. The van der Waals surface area contributed by atoms with Crippen molar-refractivity contribution >= 4 is 17.5 Å². The smallest absolute Gasteiger partial charge is 0.411 e. The van der Waals surface area contributed by atoms with Crippen molar-refractivity contribution in [1.29, 1.82) is 0 Å². The van der Waals surface area contributed by atoms with Crippen LogP contribution in [0.2, 0.25) is 0 Å². The fourth-order valence-electron chi connectivity index (χ4n) is 1.48. The lowest BCUT2D eigenvalue weighted by atomic mass is 10.2. The Labute approximate surface area is 110 Å². The van der Waals surface area contributed by atoms with E-state index in [4.69, 9.17) is 10.5 Å². The van der Waals surface area contributed by atoms with Gasteiger partial charge in [0.15, 0.2) is 0 Å². The summed E-state index contributed by atoms with van der Waals surface area (Å²) in [6.07, 6.45) is -0.645. The van der Waals surface area contributed by atoms with E-state index in [0.717, 1.165) is 11.6 Å². The number of ether oxygens (including phenoxy) is 1. The molecule has 2 rings (SSSR count). The summed E-state index contributed by atoms with van der Waals surface area (Å²) in [5, 5.41) is 2.42. The van der Waals surface area contributed by atoms with Gasteiger partial charge in [-0.15, -0.1) is 0 Å². The number of hydrogen-bond acceptors (Lipinski definition) is 3. The highest BCUT2D eigenvalue weighted by Crippen LogP contribution is 2.16. The minimum absolute atomic E-state index is 0.0307. The number of rotatable bonds is 3. The van der Waals surface area contributed by atoms with E-state index in [2.05, 4.69) is 5.32 Å². The number of nitrogen functional groups attached to an aromatic ring is 1. The van der Waals surface area contributed by atoms with Gasteiger partial charge in [-0.05, 0) is 23.8 Å². The van der Waals surface area contributed by atoms with Crippen LogP contribution in [-0.2, 0) is 11.3 Å². The Morgan fingerprint density at radius 3 is 2.63 bits per heavy atom. The van der Waals surface area contributed by atoms with Gasteiger partial charge in [0.25, 0.3) is 0 Å². The fourth-order valence-corrected chi connectivity index (χ4v) is 1.48. The highest BCUT2D eigenvalue weighted by molar-refractivity contribution is 5.84. The standard InChI is InChI=1S/C14H13FN2O2/c15-12-8-11(6-7-13(12)16)17-14(18)19-9-10-4-2-1-3-5-10/h1-8H,9,16H2,(H,17,18). The molecule has 0 heterocycles. The van der Waals surface area contributed by atoms with Crippen LogP contribution in [0.3, 0.4) is 0 Å². The van der Waals surface area contributed by atoms with Gasteiger partial charge in [0, 0.05) is 5.69 Å². The van der Waals surface area contributed by atoms with Crippen molar-refractivity contribution in [3.63, 3.8) is 0 Å². The molecule has 0 aromatic heterocycles. The van der Waals surface area contributed by atoms with Gasteiger partial charge in [-0.1, -0.05) is 30.3 Å². The van der Waals surface area contributed by atoms with Crippen LogP contribution in [0.1, 0.15) is 5.56 Å². The molecule has 0 radical (unpaired) electrons. The third-order valence-corrected chi connectivity index (χ3v) is 2.46. The summed E-state index contributed by atoms with van der Waals surface area (Å²) in [6.45, 7) is 0.157. The maximum atomic E-state index is 13.2. The van der Waals surface area contributed by atoms with E-state index < -0.39 is 11.9 Å². The van der Waals surface area contributed by atoms with Crippen LogP contribution in [0, 0.1) is 5.82 Å². The molecule has 5 heteroatoms. The second-order valence-corrected chi connectivity index (χ2v) is 3.92. The lowest BCUT2D eigenvalue weighted by Gasteiger charge is -2.07. The highest BCUT2D eigenvalue weighted by Gasteiger charge is 2.05.